The lowest BCUT2D eigenvalue weighted by molar-refractivity contribution is 0.729. The molecule has 7 heteroatoms. The van der Waals surface area contributed by atoms with E-state index in [4.69, 9.17) is 4.99 Å². The van der Waals surface area contributed by atoms with E-state index in [1.807, 2.05) is 34.6 Å². The average molecular weight is 516 g/mol. The first-order valence-electron chi connectivity index (χ1n) is 9.86. The van der Waals surface area contributed by atoms with Crippen LogP contribution in [0.15, 0.2) is 41.5 Å². The molecule has 0 unspecified atom stereocenters. The number of thioether (sulfide) groups is 1. The Balaban J connectivity index is 0.00000392. The minimum absolute atomic E-state index is 0. The molecule has 1 heterocycles. The summed E-state index contributed by atoms with van der Waals surface area (Å²) < 4.78 is 1.97. The van der Waals surface area contributed by atoms with Gasteiger partial charge in [0.1, 0.15) is 0 Å². The lowest BCUT2D eigenvalue weighted by atomic mass is 10.1. The molecule has 0 bridgehead atoms. The van der Waals surface area contributed by atoms with Crippen molar-refractivity contribution in [3.63, 3.8) is 0 Å². The first kappa shape index (κ1) is 24.8. The number of nitrogens with one attached hydrogen (secondary N) is 2. The van der Waals surface area contributed by atoms with Crippen molar-refractivity contribution in [2.24, 2.45) is 4.99 Å². The number of halogens is 1. The second kappa shape index (κ2) is 14.7. The van der Waals surface area contributed by atoms with Gasteiger partial charge in [0.15, 0.2) is 5.96 Å². The number of guanidine groups is 1. The number of aromatic nitrogens is 2. The highest BCUT2D eigenvalue weighted by atomic mass is 127. The minimum atomic E-state index is 0. The van der Waals surface area contributed by atoms with Gasteiger partial charge in [-0.05, 0) is 69.2 Å². The first-order chi connectivity index (χ1) is 13.2. The third-order valence-corrected chi connectivity index (χ3v) is 5.00. The van der Waals surface area contributed by atoms with E-state index in [2.05, 4.69) is 54.2 Å². The summed E-state index contributed by atoms with van der Waals surface area (Å²) in [7, 11) is 0. The maximum atomic E-state index is 4.70. The van der Waals surface area contributed by atoms with Crippen molar-refractivity contribution < 1.29 is 0 Å². The van der Waals surface area contributed by atoms with Crippen LogP contribution in [0.1, 0.15) is 37.4 Å². The standard InChI is InChI=1S/C21H33N5S.HI/c1-4-22-21(23-14-8-9-16-27-3)24-15-10-11-19-17-26(25-18(19)2)20-12-6-5-7-13-20;/h5-7,12-13,17H,4,8-11,14-16H2,1-3H3,(H2,22,23,24);1H. The largest absolute Gasteiger partial charge is 0.357 e. The van der Waals surface area contributed by atoms with Gasteiger partial charge in [0.05, 0.1) is 11.4 Å². The van der Waals surface area contributed by atoms with Crippen LogP contribution < -0.4 is 10.6 Å². The van der Waals surface area contributed by atoms with Crippen LogP contribution in [-0.2, 0) is 6.42 Å². The smallest absolute Gasteiger partial charge is 0.191 e. The quantitative estimate of drug-likeness (QED) is 0.201. The zero-order chi connectivity index (χ0) is 19.3. The number of para-hydroxylation sites is 1. The maximum Gasteiger partial charge on any atom is 0.191 e. The molecule has 28 heavy (non-hydrogen) atoms. The average Bonchev–Trinajstić information content (AvgIpc) is 3.06. The predicted octanol–water partition coefficient (Wildman–Crippen LogP) is 4.43. The van der Waals surface area contributed by atoms with Crippen molar-refractivity contribution in [1.29, 1.82) is 0 Å². The first-order valence-corrected chi connectivity index (χ1v) is 11.3. The van der Waals surface area contributed by atoms with Crippen LogP contribution in [0, 0.1) is 6.92 Å². The molecular weight excluding hydrogens is 481 g/mol. The fourth-order valence-corrected chi connectivity index (χ4v) is 3.33. The summed E-state index contributed by atoms with van der Waals surface area (Å²) >= 11 is 1.91. The Morgan fingerprint density at radius 3 is 2.64 bits per heavy atom. The van der Waals surface area contributed by atoms with Crippen molar-refractivity contribution in [3.05, 3.63) is 47.8 Å². The van der Waals surface area contributed by atoms with Crippen LogP contribution >= 0.6 is 35.7 Å². The lowest BCUT2D eigenvalue weighted by Crippen LogP contribution is -2.37. The SMILES string of the molecule is CCNC(=NCCCc1cn(-c2ccccc2)nc1C)NCCCCSC.I. The molecule has 156 valence electrons. The summed E-state index contributed by atoms with van der Waals surface area (Å²) in [6.07, 6.45) is 8.74. The van der Waals surface area contributed by atoms with Gasteiger partial charge in [-0.25, -0.2) is 4.68 Å². The third-order valence-electron chi connectivity index (χ3n) is 4.31. The van der Waals surface area contributed by atoms with Gasteiger partial charge in [-0.3, -0.25) is 4.99 Å². The Morgan fingerprint density at radius 2 is 1.93 bits per heavy atom. The number of nitrogens with zero attached hydrogens (tertiary/aromatic N) is 3. The Morgan fingerprint density at radius 1 is 1.14 bits per heavy atom. The summed E-state index contributed by atoms with van der Waals surface area (Å²) in [5.41, 5.74) is 3.50. The number of hydrogen-bond acceptors (Lipinski definition) is 3. The summed E-state index contributed by atoms with van der Waals surface area (Å²) in [5, 5.41) is 11.4. The summed E-state index contributed by atoms with van der Waals surface area (Å²) in [6, 6.07) is 10.3. The molecule has 2 aromatic rings. The molecule has 0 aliphatic carbocycles. The highest BCUT2D eigenvalue weighted by molar-refractivity contribution is 14.0. The van der Waals surface area contributed by atoms with Gasteiger partial charge in [0, 0.05) is 25.8 Å². The second-order valence-electron chi connectivity index (χ2n) is 6.51. The van der Waals surface area contributed by atoms with Crippen LogP contribution in [-0.4, -0.2) is 47.4 Å². The van der Waals surface area contributed by atoms with E-state index in [9.17, 15) is 0 Å². The van der Waals surface area contributed by atoms with E-state index in [-0.39, 0.29) is 24.0 Å². The lowest BCUT2D eigenvalue weighted by Gasteiger charge is -2.11. The molecule has 0 aliphatic rings. The molecule has 0 amide bonds. The van der Waals surface area contributed by atoms with Crippen molar-refractivity contribution in [2.75, 3.05) is 31.6 Å². The van der Waals surface area contributed by atoms with E-state index in [1.165, 1.54) is 24.2 Å². The van der Waals surface area contributed by atoms with Crippen molar-refractivity contribution >= 4 is 41.7 Å². The number of unbranched alkanes of at least 4 members (excludes halogenated alkanes) is 1. The van der Waals surface area contributed by atoms with Gasteiger partial charge in [-0.1, -0.05) is 18.2 Å². The molecule has 0 saturated carbocycles. The van der Waals surface area contributed by atoms with Gasteiger partial charge in [0.2, 0.25) is 0 Å². The van der Waals surface area contributed by atoms with Crippen LogP contribution in [0.4, 0.5) is 0 Å². The zero-order valence-corrected chi connectivity index (χ0v) is 20.4. The maximum absolute atomic E-state index is 4.70. The molecule has 1 aromatic heterocycles. The van der Waals surface area contributed by atoms with Crippen LogP contribution in [0.3, 0.4) is 0 Å². The van der Waals surface area contributed by atoms with Gasteiger partial charge < -0.3 is 10.6 Å². The van der Waals surface area contributed by atoms with Crippen molar-refractivity contribution in [2.45, 2.75) is 39.5 Å². The Bertz CT molecular complexity index is 687. The molecule has 0 fully saturated rings. The van der Waals surface area contributed by atoms with Crippen molar-refractivity contribution in [1.82, 2.24) is 20.4 Å². The number of aryl methyl sites for hydroxylation is 2. The molecule has 0 atom stereocenters. The molecule has 0 aliphatic heterocycles. The van der Waals surface area contributed by atoms with Crippen LogP contribution in [0.5, 0.6) is 0 Å². The Kier molecular flexibility index (Phi) is 13.1. The molecule has 2 rings (SSSR count). The van der Waals surface area contributed by atoms with Gasteiger partial charge >= 0.3 is 0 Å². The molecule has 2 N–H and O–H groups in total. The fraction of sp³-hybridized carbons (Fsp3) is 0.524. The molecular formula is C21H34IN5S. The monoisotopic (exact) mass is 515 g/mol. The summed E-state index contributed by atoms with van der Waals surface area (Å²) in [4.78, 5) is 4.70. The molecule has 0 spiro atoms. The molecule has 5 nitrogen and oxygen atoms in total. The van der Waals surface area contributed by atoms with E-state index in [1.54, 1.807) is 0 Å². The Labute approximate surface area is 191 Å². The molecule has 1 aromatic carbocycles. The summed E-state index contributed by atoms with van der Waals surface area (Å²) in [5.74, 6) is 2.16. The van der Waals surface area contributed by atoms with Crippen LogP contribution in [0.2, 0.25) is 0 Å². The fourth-order valence-electron chi connectivity index (χ4n) is 2.83. The van der Waals surface area contributed by atoms with E-state index >= 15 is 0 Å². The number of benzene rings is 1. The van der Waals surface area contributed by atoms with E-state index < -0.39 is 0 Å². The Hall–Kier alpha value is -1.22. The molecule has 0 radical (unpaired) electrons. The highest BCUT2D eigenvalue weighted by Crippen LogP contribution is 2.13. The summed E-state index contributed by atoms with van der Waals surface area (Å²) in [6.45, 7) is 6.87. The molecule has 0 saturated heterocycles. The number of rotatable bonds is 11. The zero-order valence-electron chi connectivity index (χ0n) is 17.3. The van der Waals surface area contributed by atoms with Gasteiger partial charge in [-0.15, -0.1) is 24.0 Å². The normalized spacial score (nSPS) is 11.2. The van der Waals surface area contributed by atoms with Crippen molar-refractivity contribution in [3.8, 4) is 5.69 Å². The number of hydrogen-bond donors (Lipinski definition) is 2. The third kappa shape index (κ3) is 8.86. The van der Waals surface area contributed by atoms with Gasteiger partial charge in [-0.2, -0.15) is 16.9 Å². The van der Waals surface area contributed by atoms with E-state index in [0.29, 0.717) is 0 Å². The predicted molar refractivity (Wildman–Crippen MR) is 134 cm³/mol. The van der Waals surface area contributed by atoms with Gasteiger partial charge in [0.25, 0.3) is 0 Å². The van der Waals surface area contributed by atoms with Crippen LogP contribution in [0.25, 0.3) is 5.69 Å². The van der Waals surface area contributed by atoms with E-state index in [0.717, 1.165) is 49.8 Å². The minimum Gasteiger partial charge on any atom is -0.357 e. The second-order valence-corrected chi connectivity index (χ2v) is 7.50. The topological polar surface area (TPSA) is 54.2 Å². The number of aliphatic imine (C=N–C) groups is 1. The highest BCUT2D eigenvalue weighted by Gasteiger charge is 2.06.